The number of hydrogen-bond donors (Lipinski definition) is 1. The zero-order valence-corrected chi connectivity index (χ0v) is 9.58. The first-order valence-electron chi connectivity index (χ1n) is 5.17. The molecule has 0 aromatic carbocycles. The van der Waals surface area contributed by atoms with Crippen LogP contribution in [-0.2, 0) is 9.53 Å². The van der Waals surface area contributed by atoms with E-state index >= 15 is 0 Å². The van der Waals surface area contributed by atoms with E-state index in [0.29, 0.717) is 12.2 Å². The zero-order chi connectivity index (χ0) is 11.8. The Bertz CT molecular complexity index is 243. The molecule has 1 N–H and O–H groups in total. The monoisotopic (exact) mass is 212 g/mol. The predicted molar refractivity (Wildman–Crippen MR) is 60.4 cm³/mol. The maximum Gasteiger partial charge on any atom is 0.335 e. The molecule has 0 aromatic heterocycles. The molecule has 3 heteroatoms. The van der Waals surface area contributed by atoms with E-state index in [2.05, 4.69) is 13.2 Å². The number of carbonyl (C=O) groups is 1. The zero-order valence-electron chi connectivity index (χ0n) is 9.58. The molecule has 0 aromatic rings. The lowest BCUT2D eigenvalue weighted by atomic mass is 10.0. The summed E-state index contributed by atoms with van der Waals surface area (Å²) < 4.78 is 4.87. The fraction of sp³-hybridized carbons (Fsp3) is 0.583. The number of unbranched alkanes of at least 4 members (excludes halogenated alkanes) is 1. The van der Waals surface area contributed by atoms with Crippen molar-refractivity contribution < 1.29 is 14.6 Å². The standard InChI is InChI=1S/C12H20O3/c1-5-6-7-15-12(14)11(13)8-10(4)9(2)3/h11,13H,2,4-8H2,1,3H3/t11-/m0/s1. The average molecular weight is 212 g/mol. The van der Waals surface area contributed by atoms with Gasteiger partial charge in [-0.25, -0.2) is 4.79 Å². The van der Waals surface area contributed by atoms with E-state index in [1.165, 1.54) is 0 Å². The normalized spacial score (nSPS) is 11.9. The highest BCUT2D eigenvalue weighted by Crippen LogP contribution is 2.12. The molecule has 0 radical (unpaired) electrons. The Morgan fingerprint density at radius 2 is 2.07 bits per heavy atom. The summed E-state index contributed by atoms with van der Waals surface area (Å²) >= 11 is 0. The fourth-order valence-corrected chi connectivity index (χ4v) is 0.904. The second-order valence-corrected chi connectivity index (χ2v) is 3.62. The van der Waals surface area contributed by atoms with Crippen LogP contribution in [0.1, 0.15) is 33.1 Å². The van der Waals surface area contributed by atoms with Gasteiger partial charge in [0.05, 0.1) is 6.61 Å². The lowest BCUT2D eigenvalue weighted by molar-refractivity contribution is -0.153. The smallest absolute Gasteiger partial charge is 0.335 e. The van der Waals surface area contributed by atoms with Gasteiger partial charge >= 0.3 is 5.97 Å². The van der Waals surface area contributed by atoms with Crippen molar-refractivity contribution in [2.24, 2.45) is 0 Å². The first kappa shape index (κ1) is 13.9. The summed E-state index contributed by atoms with van der Waals surface area (Å²) in [5, 5.41) is 9.46. The Balaban J connectivity index is 3.88. The lowest BCUT2D eigenvalue weighted by Crippen LogP contribution is -2.24. The van der Waals surface area contributed by atoms with Gasteiger partial charge in [0.2, 0.25) is 0 Å². The van der Waals surface area contributed by atoms with Crippen LogP contribution in [0.3, 0.4) is 0 Å². The van der Waals surface area contributed by atoms with Gasteiger partial charge in [0.15, 0.2) is 6.10 Å². The maximum absolute atomic E-state index is 11.2. The number of carbonyl (C=O) groups excluding carboxylic acids is 1. The molecule has 0 bridgehead atoms. The van der Waals surface area contributed by atoms with Crippen molar-refractivity contribution in [1.82, 2.24) is 0 Å². The van der Waals surface area contributed by atoms with Gasteiger partial charge in [-0.1, -0.05) is 32.1 Å². The molecule has 0 aliphatic heterocycles. The summed E-state index contributed by atoms with van der Waals surface area (Å²) in [6.45, 7) is 11.5. The fourth-order valence-electron chi connectivity index (χ4n) is 0.904. The highest BCUT2D eigenvalue weighted by molar-refractivity contribution is 5.74. The van der Waals surface area contributed by atoms with Gasteiger partial charge in [0, 0.05) is 6.42 Å². The second-order valence-electron chi connectivity index (χ2n) is 3.62. The lowest BCUT2D eigenvalue weighted by Gasteiger charge is -2.11. The number of rotatable bonds is 7. The Morgan fingerprint density at radius 3 is 2.53 bits per heavy atom. The van der Waals surface area contributed by atoms with Crippen molar-refractivity contribution in [3.05, 3.63) is 24.3 Å². The van der Waals surface area contributed by atoms with Crippen molar-refractivity contribution in [2.75, 3.05) is 6.61 Å². The minimum Gasteiger partial charge on any atom is -0.464 e. The maximum atomic E-state index is 11.2. The molecule has 0 spiro atoms. The Kier molecular flexibility index (Phi) is 6.71. The molecule has 0 saturated heterocycles. The van der Waals surface area contributed by atoms with Crippen LogP contribution >= 0.6 is 0 Å². The van der Waals surface area contributed by atoms with Gasteiger partial charge in [-0.3, -0.25) is 0 Å². The highest BCUT2D eigenvalue weighted by atomic mass is 16.5. The Labute approximate surface area is 91.4 Å². The molecular weight excluding hydrogens is 192 g/mol. The largest absolute Gasteiger partial charge is 0.464 e. The van der Waals surface area contributed by atoms with Gasteiger partial charge < -0.3 is 9.84 Å². The minimum absolute atomic E-state index is 0.195. The molecule has 0 unspecified atom stereocenters. The third-order valence-corrected chi connectivity index (χ3v) is 2.06. The topological polar surface area (TPSA) is 46.5 Å². The van der Waals surface area contributed by atoms with Crippen molar-refractivity contribution in [2.45, 2.75) is 39.2 Å². The van der Waals surface area contributed by atoms with E-state index in [1.54, 1.807) is 6.92 Å². The third-order valence-electron chi connectivity index (χ3n) is 2.06. The molecule has 1 atom stereocenters. The quantitative estimate of drug-likeness (QED) is 0.400. The Morgan fingerprint density at radius 1 is 1.47 bits per heavy atom. The van der Waals surface area contributed by atoms with E-state index in [4.69, 9.17) is 4.74 Å². The number of hydrogen-bond acceptors (Lipinski definition) is 3. The van der Waals surface area contributed by atoms with E-state index in [0.717, 1.165) is 18.4 Å². The van der Waals surface area contributed by atoms with Crippen LogP contribution in [-0.4, -0.2) is 23.8 Å². The summed E-state index contributed by atoms with van der Waals surface area (Å²) in [6.07, 6.45) is 0.855. The molecule has 86 valence electrons. The molecule has 3 nitrogen and oxygen atoms in total. The van der Waals surface area contributed by atoms with E-state index < -0.39 is 12.1 Å². The van der Waals surface area contributed by atoms with Gasteiger partial charge in [-0.15, -0.1) is 0 Å². The van der Waals surface area contributed by atoms with Gasteiger partial charge in [-0.05, 0) is 18.9 Å². The summed E-state index contributed by atoms with van der Waals surface area (Å²) in [4.78, 5) is 11.2. The Hall–Kier alpha value is -1.09. The van der Waals surface area contributed by atoms with E-state index in [1.807, 2.05) is 6.92 Å². The SMILES string of the molecule is C=C(C)C(=C)C[C@H](O)C(=O)OCCCC. The van der Waals surface area contributed by atoms with Gasteiger partial charge in [0.1, 0.15) is 0 Å². The van der Waals surface area contributed by atoms with Crippen LogP contribution in [0.25, 0.3) is 0 Å². The predicted octanol–water partition coefficient (Wildman–Crippen LogP) is 2.21. The van der Waals surface area contributed by atoms with Crippen molar-refractivity contribution in [3.8, 4) is 0 Å². The molecule has 15 heavy (non-hydrogen) atoms. The van der Waals surface area contributed by atoms with Gasteiger partial charge in [-0.2, -0.15) is 0 Å². The van der Waals surface area contributed by atoms with Crippen LogP contribution in [0.5, 0.6) is 0 Å². The number of aliphatic hydroxyl groups excluding tert-OH is 1. The molecule has 0 amide bonds. The minimum atomic E-state index is -1.12. The van der Waals surface area contributed by atoms with Crippen LogP contribution < -0.4 is 0 Å². The number of aliphatic hydroxyl groups is 1. The van der Waals surface area contributed by atoms with Gasteiger partial charge in [0.25, 0.3) is 0 Å². The van der Waals surface area contributed by atoms with Crippen LogP contribution in [0, 0.1) is 0 Å². The highest BCUT2D eigenvalue weighted by Gasteiger charge is 2.17. The average Bonchev–Trinajstić information content (AvgIpc) is 2.17. The van der Waals surface area contributed by atoms with E-state index in [9.17, 15) is 9.90 Å². The molecule has 0 heterocycles. The van der Waals surface area contributed by atoms with Crippen LogP contribution in [0.4, 0.5) is 0 Å². The third kappa shape index (κ3) is 6.07. The van der Waals surface area contributed by atoms with E-state index in [-0.39, 0.29) is 6.42 Å². The van der Waals surface area contributed by atoms with Crippen molar-refractivity contribution in [1.29, 1.82) is 0 Å². The molecule has 0 fully saturated rings. The molecule has 0 aliphatic carbocycles. The molecule has 0 saturated carbocycles. The van der Waals surface area contributed by atoms with Crippen LogP contribution in [0.15, 0.2) is 24.3 Å². The van der Waals surface area contributed by atoms with Crippen LogP contribution in [0.2, 0.25) is 0 Å². The molecule has 0 rings (SSSR count). The first-order valence-corrected chi connectivity index (χ1v) is 5.17. The van der Waals surface area contributed by atoms with Crippen molar-refractivity contribution in [3.63, 3.8) is 0 Å². The summed E-state index contributed by atoms with van der Waals surface area (Å²) in [7, 11) is 0. The second kappa shape index (κ2) is 7.23. The summed E-state index contributed by atoms with van der Waals surface area (Å²) in [5.41, 5.74) is 1.45. The summed E-state index contributed by atoms with van der Waals surface area (Å²) in [5.74, 6) is -0.578. The van der Waals surface area contributed by atoms with Crippen molar-refractivity contribution >= 4 is 5.97 Å². The molecular formula is C12H20O3. The molecule has 0 aliphatic rings. The number of esters is 1. The summed E-state index contributed by atoms with van der Waals surface area (Å²) in [6, 6.07) is 0. The first-order chi connectivity index (χ1) is 6.99. The number of allylic oxidation sites excluding steroid dienone is 1. The number of ether oxygens (including phenoxy) is 1.